The van der Waals surface area contributed by atoms with E-state index in [1.165, 1.54) is 5.56 Å². The zero-order valence-corrected chi connectivity index (χ0v) is 17.3. The van der Waals surface area contributed by atoms with Crippen LogP contribution >= 0.6 is 0 Å². The summed E-state index contributed by atoms with van der Waals surface area (Å²) < 4.78 is 1.77. The first-order valence-electron chi connectivity index (χ1n) is 10.3. The number of nitrogens with one attached hydrogen (secondary N) is 1. The van der Waals surface area contributed by atoms with E-state index >= 15 is 0 Å². The Bertz CT molecular complexity index is 1030. The number of carbonyl (C=O) groups is 1. The number of hydrogen-bond acceptors (Lipinski definition) is 5. The number of allylic oxidation sites excluding steroid dienone is 1. The fourth-order valence-electron chi connectivity index (χ4n) is 3.59. The van der Waals surface area contributed by atoms with Gasteiger partial charge in [0, 0.05) is 6.54 Å². The van der Waals surface area contributed by atoms with Crippen molar-refractivity contribution in [2.45, 2.75) is 32.7 Å². The standard InChI is InChI=1S/C23H26N6O/c1-3-4-14-24-22(30)16-28-20(18-8-6-5-7-9-18)15-21(29-23(28)25-26-27-29)19-12-10-17(2)11-13-19/h5-13,15,21H,3-4,14,16H2,1-2H3,(H,24,30)/t21-/m0/s1. The first-order chi connectivity index (χ1) is 14.7. The van der Waals surface area contributed by atoms with E-state index < -0.39 is 0 Å². The minimum absolute atomic E-state index is 0.0476. The number of amides is 1. The van der Waals surface area contributed by atoms with Crippen molar-refractivity contribution in [3.63, 3.8) is 0 Å². The highest BCUT2D eigenvalue weighted by Crippen LogP contribution is 2.35. The lowest BCUT2D eigenvalue weighted by Gasteiger charge is -2.32. The minimum atomic E-state index is -0.148. The van der Waals surface area contributed by atoms with Gasteiger partial charge in [0.2, 0.25) is 5.91 Å². The maximum Gasteiger partial charge on any atom is 0.251 e. The largest absolute Gasteiger partial charge is 0.355 e. The van der Waals surface area contributed by atoms with Crippen molar-refractivity contribution in [1.82, 2.24) is 25.5 Å². The molecule has 3 aromatic rings. The van der Waals surface area contributed by atoms with Crippen LogP contribution in [-0.2, 0) is 4.79 Å². The van der Waals surface area contributed by atoms with Gasteiger partial charge in [-0.2, -0.15) is 4.68 Å². The summed E-state index contributed by atoms with van der Waals surface area (Å²) in [7, 11) is 0. The Morgan fingerprint density at radius 2 is 1.87 bits per heavy atom. The normalized spacial score (nSPS) is 15.5. The maximum absolute atomic E-state index is 12.6. The van der Waals surface area contributed by atoms with Crippen LogP contribution in [0.2, 0.25) is 0 Å². The number of rotatable bonds is 7. The van der Waals surface area contributed by atoms with Crippen molar-refractivity contribution in [1.29, 1.82) is 0 Å². The predicted molar refractivity (Wildman–Crippen MR) is 117 cm³/mol. The second-order valence-corrected chi connectivity index (χ2v) is 7.49. The summed E-state index contributed by atoms with van der Waals surface area (Å²) in [4.78, 5) is 14.5. The second-order valence-electron chi connectivity index (χ2n) is 7.49. The summed E-state index contributed by atoms with van der Waals surface area (Å²) in [6.07, 6.45) is 4.12. The van der Waals surface area contributed by atoms with E-state index in [0.717, 1.165) is 29.7 Å². The van der Waals surface area contributed by atoms with Crippen molar-refractivity contribution in [3.8, 4) is 0 Å². The number of carbonyl (C=O) groups excluding carboxylic acids is 1. The third-order valence-corrected chi connectivity index (χ3v) is 5.23. The van der Waals surface area contributed by atoms with Gasteiger partial charge in [0.05, 0.1) is 5.70 Å². The van der Waals surface area contributed by atoms with Crippen LogP contribution in [0.15, 0.2) is 60.7 Å². The molecule has 0 aliphatic carbocycles. The van der Waals surface area contributed by atoms with E-state index in [2.05, 4.69) is 65.0 Å². The van der Waals surface area contributed by atoms with Gasteiger partial charge in [-0.15, -0.1) is 0 Å². The number of hydrogen-bond donors (Lipinski definition) is 1. The summed E-state index contributed by atoms with van der Waals surface area (Å²) in [5.41, 5.74) is 4.23. The van der Waals surface area contributed by atoms with Gasteiger partial charge in [-0.3, -0.25) is 9.69 Å². The maximum atomic E-state index is 12.6. The molecule has 0 saturated carbocycles. The molecule has 0 unspecified atom stereocenters. The van der Waals surface area contributed by atoms with E-state index in [1.807, 2.05) is 35.2 Å². The number of tetrazole rings is 1. The summed E-state index contributed by atoms with van der Waals surface area (Å²) in [5.74, 6) is 0.515. The van der Waals surface area contributed by atoms with Gasteiger partial charge in [0.1, 0.15) is 12.6 Å². The smallest absolute Gasteiger partial charge is 0.251 e. The molecule has 1 aromatic heterocycles. The van der Waals surface area contributed by atoms with E-state index in [1.54, 1.807) is 4.68 Å². The van der Waals surface area contributed by atoms with Gasteiger partial charge in [0.15, 0.2) is 0 Å². The van der Waals surface area contributed by atoms with Crippen LogP contribution in [0, 0.1) is 6.92 Å². The summed E-state index contributed by atoms with van der Waals surface area (Å²) in [6, 6.07) is 18.3. The zero-order valence-electron chi connectivity index (χ0n) is 17.3. The molecule has 2 aromatic carbocycles. The predicted octanol–water partition coefficient (Wildman–Crippen LogP) is 3.35. The second kappa shape index (κ2) is 8.90. The molecule has 0 fully saturated rings. The van der Waals surface area contributed by atoms with E-state index in [4.69, 9.17) is 0 Å². The molecule has 7 nitrogen and oxygen atoms in total. The molecule has 0 radical (unpaired) electrons. The minimum Gasteiger partial charge on any atom is -0.355 e. The first kappa shape index (κ1) is 19.8. The molecule has 1 aliphatic heterocycles. The Morgan fingerprint density at radius 1 is 1.10 bits per heavy atom. The monoisotopic (exact) mass is 402 g/mol. The van der Waals surface area contributed by atoms with Crippen LogP contribution in [0.3, 0.4) is 0 Å². The average Bonchev–Trinajstić information content (AvgIpc) is 3.26. The quantitative estimate of drug-likeness (QED) is 0.614. The Hall–Kier alpha value is -3.48. The molecular formula is C23H26N6O. The van der Waals surface area contributed by atoms with Crippen LogP contribution in [0.4, 0.5) is 5.95 Å². The van der Waals surface area contributed by atoms with Gasteiger partial charge >= 0.3 is 0 Å². The van der Waals surface area contributed by atoms with Gasteiger partial charge < -0.3 is 5.32 Å². The number of fused-ring (bicyclic) bond motifs is 1. The van der Waals surface area contributed by atoms with E-state index in [9.17, 15) is 4.79 Å². The SMILES string of the molecule is CCCCNC(=O)CN1C(c2ccccc2)=C[C@@H](c2ccc(C)cc2)n2nnnc21. The van der Waals surface area contributed by atoms with Crippen molar-refractivity contribution in [2.75, 3.05) is 18.0 Å². The number of aryl methyl sites for hydroxylation is 1. The van der Waals surface area contributed by atoms with Crippen LogP contribution in [0.1, 0.15) is 42.5 Å². The number of aromatic nitrogens is 4. The molecule has 1 N–H and O–H groups in total. The topological polar surface area (TPSA) is 75.9 Å². The third kappa shape index (κ3) is 4.10. The molecule has 154 valence electrons. The van der Waals surface area contributed by atoms with Crippen molar-refractivity contribution < 1.29 is 4.79 Å². The summed E-state index contributed by atoms with van der Waals surface area (Å²) in [6.45, 7) is 5.00. The molecule has 7 heteroatoms. The van der Waals surface area contributed by atoms with Crippen LogP contribution in [0.25, 0.3) is 5.70 Å². The molecule has 0 spiro atoms. The molecule has 0 saturated heterocycles. The van der Waals surface area contributed by atoms with Crippen molar-refractivity contribution >= 4 is 17.6 Å². The fraction of sp³-hybridized carbons (Fsp3) is 0.304. The Balaban J connectivity index is 1.73. The van der Waals surface area contributed by atoms with Gasteiger partial charge in [0.25, 0.3) is 5.95 Å². The lowest BCUT2D eigenvalue weighted by Crippen LogP contribution is -2.40. The first-order valence-corrected chi connectivity index (χ1v) is 10.3. The summed E-state index contributed by atoms with van der Waals surface area (Å²) >= 11 is 0. The molecule has 1 aliphatic rings. The van der Waals surface area contributed by atoms with Gasteiger partial charge in [-0.1, -0.05) is 78.6 Å². The third-order valence-electron chi connectivity index (χ3n) is 5.23. The Morgan fingerprint density at radius 3 is 2.60 bits per heavy atom. The lowest BCUT2D eigenvalue weighted by molar-refractivity contribution is -0.119. The van der Waals surface area contributed by atoms with Gasteiger partial charge in [-0.05, 0) is 41.0 Å². The van der Waals surface area contributed by atoms with Crippen LogP contribution < -0.4 is 10.2 Å². The van der Waals surface area contributed by atoms with E-state index in [0.29, 0.717) is 12.5 Å². The van der Waals surface area contributed by atoms with Gasteiger partial charge in [-0.25, -0.2) is 0 Å². The fourth-order valence-corrected chi connectivity index (χ4v) is 3.59. The molecule has 1 amide bonds. The van der Waals surface area contributed by atoms with Crippen molar-refractivity contribution in [3.05, 3.63) is 77.4 Å². The summed E-state index contributed by atoms with van der Waals surface area (Å²) in [5, 5.41) is 15.4. The highest BCUT2D eigenvalue weighted by Gasteiger charge is 2.31. The Kier molecular flexibility index (Phi) is 5.88. The zero-order chi connectivity index (χ0) is 20.9. The number of unbranched alkanes of at least 4 members (excludes halogenated alkanes) is 1. The number of nitrogens with zero attached hydrogens (tertiary/aromatic N) is 5. The molecule has 30 heavy (non-hydrogen) atoms. The number of benzene rings is 2. The molecule has 0 bridgehead atoms. The average molecular weight is 403 g/mol. The van der Waals surface area contributed by atoms with E-state index in [-0.39, 0.29) is 18.5 Å². The molecular weight excluding hydrogens is 376 g/mol. The highest BCUT2D eigenvalue weighted by atomic mass is 16.2. The van der Waals surface area contributed by atoms with Crippen LogP contribution in [0.5, 0.6) is 0 Å². The highest BCUT2D eigenvalue weighted by molar-refractivity contribution is 5.89. The molecule has 4 rings (SSSR count). The Labute approximate surface area is 176 Å². The molecule has 1 atom stereocenters. The number of anilines is 1. The van der Waals surface area contributed by atoms with Crippen LogP contribution in [-0.4, -0.2) is 39.2 Å². The van der Waals surface area contributed by atoms with Crippen molar-refractivity contribution in [2.24, 2.45) is 0 Å². The lowest BCUT2D eigenvalue weighted by atomic mass is 10.00. The molecule has 2 heterocycles.